The predicted octanol–water partition coefficient (Wildman–Crippen LogP) is 6.87. The Morgan fingerprint density at radius 2 is 1.82 bits per heavy atom. The largest absolute Gasteiger partial charge is 0.490 e. The summed E-state index contributed by atoms with van der Waals surface area (Å²) in [5, 5.41) is 0. The number of carbonyl (C=O) groups excluding carboxylic acids is 1. The SMILES string of the molecule is CC.CC(C)N(C(=O)c1cc(F)ccc1Oc1cncnc1N1CC2(CC(Oc3ccnc4c3CN(C)CC4)C2)C1)C1CCP(C)(=O)CC1. The molecule has 1 aliphatic carbocycles. The number of benzene rings is 1. The highest BCUT2D eigenvalue weighted by Crippen LogP contribution is 2.52. The van der Waals surface area contributed by atoms with Gasteiger partial charge in [-0.25, -0.2) is 14.4 Å². The van der Waals surface area contributed by atoms with Crippen molar-refractivity contribution in [3.63, 3.8) is 0 Å². The summed E-state index contributed by atoms with van der Waals surface area (Å²) < 4.78 is 40.1. The Morgan fingerprint density at radius 1 is 1.08 bits per heavy atom. The monoisotopic (exact) mass is 692 g/mol. The van der Waals surface area contributed by atoms with Gasteiger partial charge >= 0.3 is 0 Å². The van der Waals surface area contributed by atoms with Crippen molar-refractivity contribution in [2.75, 3.05) is 50.6 Å². The molecule has 0 atom stereocenters. The normalized spacial score (nSPS) is 23.1. The van der Waals surface area contributed by atoms with Crippen molar-refractivity contribution in [3.05, 3.63) is 65.6 Å². The number of amides is 1. The molecule has 2 aromatic heterocycles. The Morgan fingerprint density at radius 3 is 2.53 bits per heavy atom. The van der Waals surface area contributed by atoms with Crippen LogP contribution in [0, 0.1) is 11.2 Å². The fourth-order valence-corrected chi connectivity index (χ4v) is 9.75. The molecule has 264 valence electrons. The summed E-state index contributed by atoms with van der Waals surface area (Å²) in [6, 6.07) is 5.86. The average molecular weight is 693 g/mol. The summed E-state index contributed by atoms with van der Waals surface area (Å²) in [6.07, 6.45) is 10.6. The standard InChI is InChI=1S/C35H44FN6O4P.C2H6/c1-23(2)42(25-9-13-47(4,44)14-10-25)34(43)27-15-24(36)5-6-30(27)46-32-18-37-22-39-33(32)41-20-35(21-41)16-26(17-35)45-31-7-11-38-29-8-12-40(3)19-28(29)31;1-2/h5-7,11,15,18,22-23,25-26H,8-10,12-14,16-17,19-21H2,1-4H3;1-2H3. The Labute approximate surface area is 289 Å². The molecule has 49 heavy (non-hydrogen) atoms. The first-order valence-corrected chi connectivity index (χ1v) is 20.2. The third-order valence-electron chi connectivity index (χ3n) is 10.3. The minimum atomic E-state index is -2.16. The van der Waals surface area contributed by atoms with Crippen LogP contribution < -0.4 is 14.4 Å². The third-order valence-corrected chi connectivity index (χ3v) is 12.7. The van der Waals surface area contributed by atoms with Gasteiger partial charge in [-0.3, -0.25) is 9.78 Å². The van der Waals surface area contributed by atoms with Crippen LogP contribution in [0.1, 0.15) is 75.0 Å². The number of fused-ring (bicyclic) bond motifs is 1. The van der Waals surface area contributed by atoms with Gasteiger partial charge in [0.2, 0.25) is 0 Å². The number of rotatable bonds is 8. The number of ether oxygens (including phenoxy) is 2. The van der Waals surface area contributed by atoms with E-state index in [1.54, 1.807) is 11.1 Å². The Bertz CT molecular complexity index is 1700. The maximum Gasteiger partial charge on any atom is 0.258 e. The molecular weight excluding hydrogens is 642 g/mol. The predicted molar refractivity (Wildman–Crippen MR) is 190 cm³/mol. The van der Waals surface area contributed by atoms with Crippen LogP contribution in [-0.2, 0) is 17.5 Å². The van der Waals surface area contributed by atoms with E-state index in [2.05, 4.69) is 31.8 Å². The van der Waals surface area contributed by atoms with Crippen LogP contribution in [0.5, 0.6) is 17.2 Å². The van der Waals surface area contributed by atoms with Crippen molar-refractivity contribution in [2.24, 2.45) is 5.41 Å². The first-order chi connectivity index (χ1) is 23.5. The van der Waals surface area contributed by atoms with Gasteiger partial charge in [-0.15, -0.1) is 0 Å². The van der Waals surface area contributed by atoms with Gasteiger partial charge in [0.15, 0.2) is 11.6 Å². The number of carbonyl (C=O) groups is 1. The molecule has 0 radical (unpaired) electrons. The topological polar surface area (TPSA) is 101 Å². The minimum Gasteiger partial charge on any atom is -0.490 e. The van der Waals surface area contributed by atoms with E-state index in [4.69, 9.17) is 9.47 Å². The maximum atomic E-state index is 14.6. The average Bonchev–Trinajstić information content (AvgIpc) is 3.04. The van der Waals surface area contributed by atoms with Crippen molar-refractivity contribution in [2.45, 2.75) is 84.5 Å². The fourth-order valence-electron chi connectivity index (χ4n) is 7.83. The van der Waals surface area contributed by atoms with Gasteiger partial charge in [-0.05, 0) is 77.5 Å². The molecule has 10 nitrogen and oxygen atoms in total. The number of halogens is 1. The Kier molecular flexibility index (Phi) is 10.3. The number of likely N-dealkylation sites (N-methyl/N-ethyl adjacent to an activating group) is 1. The maximum absolute atomic E-state index is 14.6. The van der Waals surface area contributed by atoms with Gasteiger partial charge in [-0.1, -0.05) is 13.8 Å². The van der Waals surface area contributed by atoms with E-state index in [1.807, 2.05) is 46.6 Å². The third kappa shape index (κ3) is 7.48. The number of hydrogen-bond donors (Lipinski definition) is 0. The first-order valence-electron chi connectivity index (χ1n) is 17.7. The smallest absolute Gasteiger partial charge is 0.258 e. The zero-order chi connectivity index (χ0) is 34.9. The molecule has 0 bridgehead atoms. The van der Waals surface area contributed by atoms with Crippen LogP contribution in [-0.4, -0.2) is 94.5 Å². The van der Waals surface area contributed by atoms with Crippen LogP contribution >= 0.6 is 7.14 Å². The summed E-state index contributed by atoms with van der Waals surface area (Å²) in [5.41, 5.74) is 2.67. The van der Waals surface area contributed by atoms with Crippen LogP contribution in [0.2, 0.25) is 0 Å². The molecule has 3 fully saturated rings. The number of aromatic nitrogens is 3. The molecule has 3 aromatic rings. The number of pyridine rings is 1. The van der Waals surface area contributed by atoms with Crippen LogP contribution in [0.3, 0.4) is 0 Å². The highest BCUT2D eigenvalue weighted by Gasteiger charge is 2.54. The van der Waals surface area contributed by atoms with E-state index < -0.39 is 13.0 Å². The lowest BCUT2D eigenvalue weighted by Gasteiger charge is -2.59. The van der Waals surface area contributed by atoms with Crippen molar-refractivity contribution in [1.82, 2.24) is 24.8 Å². The second-order valence-corrected chi connectivity index (χ2v) is 17.9. The van der Waals surface area contributed by atoms with Crippen LogP contribution in [0.25, 0.3) is 0 Å². The van der Waals surface area contributed by atoms with E-state index in [9.17, 15) is 13.8 Å². The van der Waals surface area contributed by atoms with Gasteiger partial charge in [0, 0.05) is 79.9 Å². The van der Waals surface area contributed by atoms with Crippen LogP contribution in [0.4, 0.5) is 10.2 Å². The second-order valence-electron chi connectivity index (χ2n) is 14.5. The van der Waals surface area contributed by atoms with Crippen molar-refractivity contribution >= 4 is 18.9 Å². The molecule has 5 heterocycles. The van der Waals surface area contributed by atoms with Gasteiger partial charge in [0.1, 0.15) is 29.7 Å². The summed E-state index contributed by atoms with van der Waals surface area (Å²) in [6.45, 7) is 13.3. The van der Waals surface area contributed by atoms with Gasteiger partial charge in [-0.2, -0.15) is 0 Å². The molecule has 1 saturated carbocycles. The fraction of sp³-hybridized carbons (Fsp3) is 0.568. The van der Waals surface area contributed by atoms with Gasteiger partial charge in [0.05, 0.1) is 18.9 Å². The number of anilines is 1. The van der Waals surface area contributed by atoms with Gasteiger partial charge in [0.25, 0.3) is 5.91 Å². The first kappa shape index (κ1) is 35.3. The molecule has 0 unspecified atom stereocenters. The summed E-state index contributed by atoms with van der Waals surface area (Å²) in [7, 11) is -0.0282. The molecule has 7 rings (SSSR count). The van der Waals surface area contributed by atoms with E-state index in [0.717, 1.165) is 56.9 Å². The molecule has 4 aliphatic rings. The number of nitrogens with zero attached hydrogens (tertiary/aromatic N) is 6. The Balaban J connectivity index is 0.00000205. The molecule has 0 N–H and O–H groups in total. The summed E-state index contributed by atoms with van der Waals surface area (Å²) in [4.78, 5) is 33.7. The van der Waals surface area contributed by atoms with E-state index >= 15 is 0 Å². The lowest BCUT2D eigenvalue weighted by molar-refractivity contribution is -0.0352. The van der Waals surface area contributed by atoms with Gasteiger partial charge < -0.3 is 28.7 Å². The van der Waals surface area contributed by atoms with E-state index in [0.29, 0.717) is 36.7 Å². The molecule has 12 heteroatoms. The summed E-state index contributed by atoms with van der Waals surface area (Å²) >= 11 is 0. The van der Waals surface area contributed by atoms with Crippen molar-refractivity contribution in [3.8, 4) is 17.2 Å². The molecule has 1 aromatic carbocycles. The van der Waals surface area contributed by atoms with E-state index in [-0.39, 0.29) is 40.8 Å². The number of hydrogen-bond acceptors (Lipinski definition) is 9. The zero-order valence-corrected chi connectivity index (χ0v) is 30.6. The highest BCUT2D eigenvalue weighted by molar-refractivity contribution is 7.63. The molecule has 2 saturated heterocycles. The molecule has 1 amide bonds. The van der Waals surface area contributed by atoms with Crippen LogP contribution in [0.15, 0.2) is 43.0 Å². The van der Waals surface area contributed by atoms with Crippen molar-refractivity contribution < 1.29 is 23.2 Å². The lowest BCUT2D eigenvalue weighted by Crippen LogP contribution is -2.65. The zero-order valence-electron chi connectivity index (χ0n) is 29.7. The lowest BCUT2D eigenvalue weighted by atomic mass is 9.61. The second kappa shape index (κ2) is 14.4. The Hall–Kier alpha value is -3.56. The molecular formula is C37H50FN6O4P. The summed E-state index contributed by atoms with van der Waals surface area (Å²) in [5.74, 6) is 1.48. The minimum absolute atomic E-state index is 0.0610. The highest BCUT2D eigenvalue weighted by atomic mass is 31.2. The van der Waals surface area contributed by atoms with E-state index in [1.165, 1.54) is 30.1 Å². The molecule has 1 spiro atoms. The van der Waals surface area contributed by atoms with Crippen molar-refractivity contribution in [1.29, 1.82) is 0 Å². The quantitative estimate of drug-likeness (QED) is 0.234. The molecule has 3 aliphatic heterocycles.